The zero-order valence-corrected chi connectivity index (χ0v) is 18.2. The molecule has 1 aliphatic heterocycles. The highest BCUT2D eigenvalue weighted by Crippen LogP contribution is 2.28. The molecule has 3 N–H and O–H groups in total. The van der Waals surface area contributed by atoms with Crippen molar-refractivity contribution in [3.63, 3.8) is 0 Å². The average Bonchev–Trinajstić information content (AvgIpc) is 3.25. The van der Waals surface area contributed by atoms with E-state index in [1.54, 1.807) is 20.4 Å². The minimum absolute atomic E-state index is 0.559. The van der Waals surface area contributed by atoms with Crippen molar-refractivity contribution in [2.45, 2.75) is 19.1 Å². The topological polar surface area (TPSA) is 95.5 Å². The maximum absolute atomic E-state index is 10.8. The second kappa shape index (κ2) is 10.2. The highest BCUT2D eigenvalue weighted by molar-refractivity contribution is 5.86. The first-order chi connectivity index (χ1) is 15.2. The fourth-order valence-electron chi connectivity index (χ4n) is 4.10. The van der Waals surface area contributed by atoms with Crippen LogP contribution in [0.15, 0.2) is 36.5 Å². The van der Waals surface area contributed by atoms with Crippen molar-refractivity contribution in [3.8, 4) is 17.0 Å². The van der Waals surface area contributed by atoms with Crippen molar-refractivity contribution in [1.29, 1.82) is 0 Å². The van der Waals surface area contributed by atoms with Crippen LogP contribution >= 0.6 is 0 Å². The van der Waals surface area contributed by atoms with Crippen LogP contribution in [0, 0.1) is 5.92 Å². The average molecular weight is 426 g/mol. The SMILES string of the molecule is COCCN1CCC(CNC(O)c2[nH]nc3ccc(-c4ccc(OC)nc4)cc23)CC1. The van der Waals surface area contributed by atoms with Gasteiger partial charge in [0.2, 0.25) is 5.88 Å². The minimum atomic E-state index is -0.791. The first-order valence-corrected chi connectivity index (χ1v) is 10.8. The van der Waals surface area contributed by atoms with Gasteiger partial charge in [-0.1, -0.05) is 6.07 Å². The largest absolute Gasteiger partial charge is 0.481 e. The van der Waals surface area contributed by atoms with Crippen LogP contribution in [-0.2, 0) is 4.74 Å². The van der Waals surface area contributed by atoms with E-state index in [4.69, 9.17) is 9.47 Å². The third-order valence-electron chi connectivity index (χ3n) is 6.05. The molecule has 3 aromatic rings. The molecule has 0 radical (unpaired) electrons. The van der Waals surface area contributed by atoms with E-state index in [1.807, 2.05) is 30.3 Å². The van der Waals surface area contributed by atoms with E-state index in [9.17, 15) is 5.11 Å². The number of ether oxygens (including phenoxy) is 2. The molecule has 0 bridgehead atoms. The quantitative estimate of drug-likeness (QED) is 0.454. The summed E-state index contributed by atoms with van der Waals surface area (Å²) < 4.78 is 10.3. The van der Waals surface area contributed by atoms with E-state index in [0.717, 1.165) is 67.7 Å². The van der Waals surface area contributed by atoms with Crippen LogP contribution in [0.3, 0.4) is 0 Å². The number of benzene rings is 1. The summed E-state index contributed by atoms with van der Waals surface area (Å²) in [7, 11) is 3.35. The lowest BCUT2D eigenvalue weighted by molar-refractivity contribution is 0.102. The smallest absolute Gasteiger partial charge is 0.212 e. The summed E-state index contributed by atoms with van der Waals surface area (Å²) in [6, 6.07) is 9.81. The highest BCUT2D eigenvalue weighted by atomic mass is 16.5. The van der Waals surface area contributed by atoms with Gasteiger partial charge < -0.3 is 19.5 Å². The maximum atomic E-state index is 10.8. The van der Waals surface area contributed by atoms with Crippen molar-refractivity contribution in [1.82, 2.24) is 25.4 Å². The second-order valence-corrected chi connectivity index (χ2v) is 8.05. The van der Waals surface area contributed by atoms with E-state index in [0.29, 0.717) is 17.5 Å². The van der Waals surface area contributed by atoms with Crippen LogP contribution < -0.4 is 10.1 Å². The van der Waals surface area contributed by atoms with Gasteiger partial charge in [-0.05, 0) is 55.6 Å². The Morgan fingerprint density at radius 1 is 1.19 bits per heavy atom. The van der Waals surface area contributed by atoms with Crippen LogP contribution in [0.4, 0.5) is 0 Å². The van der Waals surface area contributed by atoms with Crippen molar-refractivity contribution < 1.29 is 14.6 Å². The summed E-state index contributed by atoms with van der Waals surface area (Å²) in [5.41, 5.74) is 3.52. The van der Waals surface area contributed by atoms with Gasteiger partial charge in [0.05, 0.1) is 24.9 Å². The molecule has 8 heteroatoms. The molecule has 0 saturated carbocycles. The number of piperidine rings is 1. The van der Waals surface area contributed by atoms with Crippen LogP contribution in [0.1, 0.15) is 24.8 Å². The van der Waals surface area contributed by atoms with Crippen molar-refractivity contribution >= 4 is 10.9 Å². The molecule has 1 unspecified atom stereocenters. The number of aliphatic hydroxyl groups excluding tert-OH is 1. The first kappa shape index (κ1) is 21.7. The van der Waals surface area contributed by atoms with Crippen LogP contribution in [0.5, 0.6) is 5.88 Å². The lowest BCUT2D eigenvalue weighted by Gasteiger charge is -2.32. The Morgan fingerprint density at radius 2 is 2.00 bits per heavy atom. The minimum Gasteiger partial charge on any atom is -0.481 e. The van der Waals surface area contributed by atoms with Crippen LogP contribution in [0.25, 0.3) is 22.0 Å². The van der Waals surface area contributed by atoms with E-state index >= 15 is 0 Å². The molecule has 31 heavy (non-hydrogen) atoms. The number of H-pyrrole nitrogens is 1. The third-order valence-corrected chi connectivity index (χ3v) is 6.05. The summed E-state index contributed by atoms with van der Waals surface area (Å²) in [5.74, 6) is 1.14. The third kappa shape index (κ3) is 5.22. The van der Waals surface area contributed by atoms with Gasteiger partial charge in [-0.3, -0.25) is 10.4 Å². The van der Waals surface area contributed by atoms with E-state index in [-0.39, 0.29) is 0 Å². The van der Waals surface area contributed by atoms with Crippen molar-refractivity contribution in [2.75, 3.05) is 47.0 Å². The van der Waals surface area contributed by atoms with Gasteiger partial charge in [0.1, 0.15) is 6.23 Å². The number of aromatic amines is 1. The van der Waals surface area contributed by atoms with Gasteiger partial charge in [-0.15, -0.1) is 0 Å². The number of hydrogen-bond donors (Lipinski definition) is 3. The number of methoxy groups -OCH3 is 2. The molecule has 0 spiro atoms. The normalized spacial score (nSPS) is 16.6. The molecule has 1 saturated heterocycles. The number of aromatic nitrogens is 3. The fraction of sp³-hybridized carbons (Fsp3) is 0.478. The number of pyridine rings is 1. The molecular weight excluding hydrogens is 394 g/mol. The standard InChI is InChI=1S/C23H31N5O3/c1-30-12-11-28-9-7-16(8-10-28)14-25-23(29)22-19-13-17(3-5-20(19)26-27-22)18-4-6-21(31-2)24-15-18/h3-6,13,15-16,23,25,29H,7-12,14H2,1-2H3,(H,26,27). The molecule has 2 aromatic heterocycles. The molecule has 3 heterocycles. The van der Waals surface area contributed by atoms with Crippen LogP contribution in [-0.4, -0.2) is 72.2 Å². The molecule has 1 aliphatic rings. The summed E-state index contributed by atoms with van der Waals surface area (Å²) in [6.07, 6.45) is 3.25. The van der Waals surface area contributed by atoms with Gasteiger partial charge in [-0.25, -0.2) is 4.98 Å². The Morgan fingerprint density at radius 3 is 2.71 bits per heavy atom. The molecule has 1 atom stereocenters. The number of rotatable bonds is 9. The Kier molecular flexibility index (Phi) is 7.14. The Bertz CT molecular complexity index is 967. The Balaban J connectivity index is 1.39. The fourth-order valence-corrected chi connectivity index (χ4v) is 4.10. The van der Waals surface area contributed by atoms with E-state index < -0.39 is 6.23 Å². The van der Waals surface area contributed by atoms with Gasteiger partial charge in [-0.2, -0.15) is 5.10 Å². The van der Waals surface area contributed by atoms with Crippen molar-refractivity contribution in [3.05, 3.63) is 42.2 Å². The zero-order valence-electron chi connectivity index (χ0n) is 18.2. The lowest BCUT2D eigenvalue weighted by Crippen LogP contribution is -2.39. The van der Waals surface area contributed by atoms with Gasteiger partial charge in [0.15, 0.2) is 0 Å². The molecular formula is C23H31N5O3. The van der Waals surface area contributed by atoms with Gasteiger partial charge in [0.25, 0.3) is 0 Å². The maximum Gasteiger partial charge on any atom is 0.212 e. The van der Waals surface area contributed by atoms with Crippen molar-refractivity contribution in [2.24, 2.45) is 5.92 Å². The lowest BCUT2D eigenvalue weighted by atomic mass is 9.96. The van der Waals surface area contributed by atoms with Gasteiger partial charge in [0, 0.05) is 43.4 Å². The molecule has 0 aliphatic carbocycles. The molecule has 4 rings (SSSR count). The summed E-state index contributed by atoms with van der Waals surface area (Å²) in [6.45, 7) is 4.71. The van der Waals surface area contributed by atoms with Gasteiger partial charge >= 0.3 is 0 Å². The van der Waals surface area contributed by atoms with E-state index in [1.165, 1.54) is 0 Å². The number of nitrogens with one attached hydrogen (secondary N) is 2. The predicted molar refractivity (Wildman–Crippen MR) is 120 cm³/mol. The number of fused-ring (bicyclic) bond motifs is 1. The highest BCUT2D eigenvalue weighted by Gasteiger charge is 2.21. The molecule has 8 nitrogen and oxygen atoms in total. The Hall–Kier alpha value is -2.52. The number of hydrogen-bond acceptors (Lipinski definition) is 7. The summed E-state index contributed by atoms with van der Waals surface area (Å²) >= 11 is 0. The number of likely N-dealkylation sites (tertiary alicyclic amines) is 1. The van der Waals surface area contributed by atoms with E-state index in [2.05, 4.69) is 25.4 Å². The summed E-state index contributed by atoms with van der Waals surface area (Å²) in [4.78, 5) is 6.72. The zero-order chi connectivity index (χ0) is 21.6. The molecule has 1 fully saturated rings. The summed E-state index contributed by atoms with van der Waals surface area (Å²) in [5, 5.41) is 22.4. The first-order valence-electron chi connectivity index (χ1n) is 10.8. The molecule has 166 valence electrons. The number of aliphatic hydroxyl groups is 1. The molecule has 1 aromatic carbocycles. The van der Waals surface area contributed by atoms with Crippen LogP contribution in [0.2, 0.25) is 0 Å². The second-order valence-electron chi connectivity index (χ2n) is 8.05. The number of nitrogens with zero attached hydrogens (tertiary/aromatic N) is 3. The predicted octanol–water partition coefficient (Wildman–Crippen LogP) is 2.57. The Labute approximate surface area is 182 Å². The monoisotopic (exact) mass is 425 g/mol. The molecule has 0 amide bonds.